The third-order valence-electron chi connectivity index (χ3n) is 1.49. The maximum atomic E-state index is 10.3. The van der Waals surface area contributed by atoms with E-state index in [2.05, 4.69) is 0 Å². The fourth-order valence-electron chi connectivity index (χ4n) is 0.841. The van der Waals surface area contributed by atoms with Gasteiger partial charge in [0.2, 0.25) is 0 Å². The van der Waals surface area contributed by atoms with Crippen LogP contribution in [0.15, 0.2) is 60.7 Å². The van der Waals surface area contributed by atoms with Crippen molar-refractivity contribution in [1.82, 2.24) is 12.3 Å². The summed E-state index contributed by atoms with van der Waals surface area (Å²) in [4.78, 5) is 0. The number of benzene rings is 2. The molecule has 0 heterocycles. The third kappa shape index (κ3) is 10.9. The summed E-state index contributed by atoms with van der Waals surface area (Å²) in [5.41, 5.74) is 0. The van der Waals surface area contributed by atoms with Crippen molar-refractivity contribution in [3.8, 4) is 11.5 Å². The van der Waals surface area contributed by atoms with E-state index < -0.39 is 0 Å². The van der Waals surface area contributed by atoms with Crippen molar-refractivity contribution in [2.75, 3.05) is 0 Å². The van der Waals surface area contributed by atoms with E-state index in [1.807, 2.05) is 12.1 Å². The van der Waals surface area contributed by atoms with Gasteiger partial charge in [-0.15, -0.1) is 11.5 Å². The van der Waals surface area contributed by atoms with E-state index in [9.17, 15) is 10.2 Å². The topological polar surface area (TPSA) is 116 Å². The van der Waals surface area contributed by atoms with Crippen molar-refractivity contribution < 1.29 is 31.9 Å². The van der Waals surface area contributed by atoms with Crippen molar-refractivity contribution >= 4 is 0 Å². The van der Waals surface area contributed by atoms with Gasteiger partial charge in [-0.2, -0.15) is 0 Å². The molecule has 0 aliphatic carbocycles. The van der Waals surface area contributed by atoms with Crippen LogP contribution in [0.2, 0.25) is 0 Å². The molecule has 0 bridgehead atoms. The molecular weight excluding hydrogens is 252 g/mol. The zero-order valence-electron chi connectivity index (χ0n) is 9.50. The molecule has 0 aromatic heterocycles. The van der Waals surface area contributed by atoms with E-state index in [1.165, 1.54) is 24.3 Å². The van der Waals surface area contributed by atoms with Crippen LogP contribution in [0.4, 0.5) is 0 Å². The third-order valence-corrected chi connectivity index (χ3v) is 1.49. The first-order chi connectivity index (χ1) is 6.79. The Morgan fingerprint density at radius 3 is 0.882 bits per heavy atom. The van der Waals surface area contributed by atoms with E-state index in [-0.39, 0.29) is 45.5 Å². The van der Waals surface area contributed by atoms with Crippen molar-refractivity contribution in [2.24, 2.45) is 0 Å². The van der Waals surface area contributed by atoms with Crippen molar-refractivity contribution in [1.29, 1.82) is 0 Å². The Morgan fingerprint density at radius 1 is 0.529 bits per heavy atom. The Labute approximate surface area is 116 Å². The molecule has 0 radical (unpaired) electrons. The van der Waals surface area contributed by atoms with Crippen LogP contribution in [0, 0.1) is 0 Å². The molecule has 0 aliphatic heterocycles. The number of rotatable bonds is 0. The van der Waals surface area contributed by atoms with Gasteiger partial charge in [0.05, 0.1) is 0 Å². The summed E-state index contributed by atoms with van der Waals surface area (Å²) >= 11 is 0. The van der Waals surface area contributed by atoms with Crippen LogP contribution in [-0.4, -0.2) is 0 Å². The Hall–Kier alpha value is -1.33. The largest absolute Gasteiger partial charge is 2.00 e. The fourth-order valence-corrected chi connectivity index (χ4v) is 0.841. The number of hydrogen-bond acceptors (Lipinski definition) is 4. The summed E-state index contributed by atoms with van der Waals surface area (Å²) in [5.74, 6) is 0.144. The van der Waals surface area contributed by atoms with Gasteiger partial charge in [0.15, 0.2) is 0 Å². The average molecular weight is 268 g/mol. The molecule has 0 fully saturated rings. The molecule has 0 amide bonds. The van der Waals surface area contributed by atoms with E-state index in [1.54, 1.807) is 24.3 Å². The number of hydrogen-bond donors (Lipinski definition) is 2. The molecule has 4 nitrogen and oxygen atoms in total. The van der Waals surface area contributed by atoms with Gasteiger partial charge >= 0.3 is 21.7 Å². The van der Waals surface area contributed by atoms with Crippen LogP contribution >= 0.6 is 0 Å². The van der Waals surface area contributed by atoms with Crippen LogP contribution in [0.25, 0.3) is 0 Å². The minimum atomic E-state index is 0. The molecule has 0 atom stereocenters. The summed E-state index contributed by atoms with van der Waals surface area (Å²) in [6.07, 6.45) is 0. The molecule has 0 saturated heterocycles. The predicted molar refractivity (Wildman–Crippen MR) is 61.8 cm³/mol. The van der Waals surface area contributed by atoms with Gasteiger partial charge < -0.3 is 22.5 Å². The summed E-state index contributed by atoms with van der Waals surface area (Å²) in [7, 11) is 0. The molecule has 0 aliphatic rings. The Bertz CT molecular complexity index is 320. The van der Waals surface area contributed by atoms with Crippen LogP contribution in [0.3, 0.4) is 0 Å². The summed E-state index contributed by atoms with van der Waals surface area (Å²) in [6, 6.07) is 16.7. The van der Waals surface area contributed by atoms with Gasteiger partial charge in [0.1, 0.15) is 0 Å². The molecule has 0 spiro atoms. The zero-order valence-corrected chi connectivity index (χ0v) is 11.1. The van der Waals surface area contributed by atoms with Crippen LogP contribution in [0.1, 0.15) is 0 Å². The van der Waals surface area contributed by atoms with Crippen molar-refractivity contribution in [3.63, 3.8) is 0 Å². The molecule has 5 heteroatoms. The molecule has 2 aromatic carbocycles. The maximum absolute atomic E-state index is 10.3. The summed E-state index contributed by atoms with van der Waals surface area (Å²) < 4.78 is 0. The van der Waals surface area contributed by atoms with E-state index >= 15 is 0 Å². The molecule has 2 aromatic rings. The minimum Gasteiger partial charge on any atom is -0.872 e. The van der Waals surface area contributed by atoms with Crippen molar-refractivity contribution in [3.05, 3.63) is 60.7 Å². The Kier molecular flexibility index (Phi) is 15.7. The Balaban J connectivity index is -0.000000196. The molecule has 0 saturated carbocycles. The Morgan fingerprint density at radius 2 is 0.765 bits per heavy atom. The van der Waals surface area contributed by atoms with Gasteiger partial charge in [-0.3, -0.25) is 0 Å². The SMILES string of the molecule is N.N.[O-]c1ccccc1.[O-]c1ccccc1.[Ti+2]. The molecule has 90 valence electrons. The smallest absolute Gasteiger partial charge is 0.872 e. The quantitative estimate of drug-likeness (QED) is 0.709. The van der Waals surface area contributed by atoms with Gasteiger partial charge in [-0.25, -0.2) is 0 Å². The minimum absolute atomic E-state index is 0. The zero-order chi connectivity index (χ0) is 10.2. The first-order valence-corrected chi connectivity index (χ1v) is 4.23. The van der Waals surface area contributed by atoms with Crippen LogP contribution in [0.5, 0.6) is 11.5 Å². The van der Waals surface area contributed by atoms with Gasteiger partial charge in [0.25, 0.3) is 0 Å². The van der Waals surface area contributed by atoms with E-state index in [0.717, 1.165) is 0 Å². The summed E-state index contributed by atoms with van der Waals surface area (Å²) in [6.45, 7) is 0. The fraction of sp³-hybridized carbons (Fsp3) is 0. The van der Waals surface area contributed by atoms with Crippen LogP contribution < -0.4 is 22.5 Å². The monoisotopic (exact) mass is 268 g/mol. The second-order valence-electron chi connectivity index (χ2n) is 2.63. The first-order valence-electron chi connectivity index (χ1n) is 4.23. The number of para-hydroxylation sites is 2. The van der Waals surface area contributed by atoms with Gasteiger partial charge in [-0.05, 0) is 0 Å². The second-order valence-corrected chi connectivity index (χ2v) is 2.63. The standard InChI is InChI=1S/2C6H6O.2H3N.Ti/c2*7-6-4-2-1-3-5-6;;;/h2*1-5,7H;2*1H3;/q;;;;+2/p-2. The first kappa shape index (κ1) is 21.0. The molecule has 2 rings (SSSR count). The molecular formula is C12H16N2O2Ti. The maximum Gasteiger partial charge on any atom is 2.00 e. The van der Waals surface area contributed by atoms with E-state index in [0.29, 0.717) is 0 Å². The predicted octanol–water partition coefficient (Wildman–Crippen LogP) is 1.84. The average Bonchev–Trinajstić information content (AvgIpc) is 2.21. The van der Waals surface area contributed by atoms with Gasteiger partial charge in [-0.1, -0.05) is 60.7 Å². The molecule has 17 heavy (non-hydrogen) atoms. The normalized spacial score (nSPS) is 7.06. The van der Waals surface area contributed by atoms with Gasteiger partial charge in [0, 0.05) is 0 Å². The molecule has 6 N–H and O–H groups in total. The second kappa shape index (κ2) is 12.7. The molecule has 0 unspecified atom stereocenters. The summed E-state index contributed by atoms with van der Waals surface area (Å²) in [5, 5.41) is 20.5. The van der Waals surface area contributed by atoms with Crippen LogP contribution in [-0.2, 0) is 21.7 Å². The van der Waals surface area contributed by atoms with E-state index in [4.69, 9.17) is 0 Å². The van der Waals surface area contributed by atoms with Crippen molar-refractivity contribution in [2.45, 2.75) is 0 Å².